The molecule has 0 radical (unpaired) electrons. The summed E-state index contributed by atoms with van der Waals surface area (Å²) in [5.74, 6) is 0.819. The van der Waals surface area contributed by atoms with Crippen molar-refractivity contribution in [2.75, 3.05) is 11.4 Å². The molecular formula is C14H14F3N5. The first-order chi connectivity index (χ1) is 10.4. The molecule has 0 aromatic carbocycles. The normalized spacial score (nSPS) is 18.7. The van der Waals surface area contributed by atoms with Crippen molar-refractivity contribution in [1.82, 2.24) is 19.9 Å². The van der Waals surface area contributed by atoms with Gasteiger partial charge in [-0.1, -0.05) is 0 Å². The average molecular weight is 309 g/mol. The standard InChI is InChI=1S/C14H14F3N5/c1-9-7-11(14(15,16)17)21-13(20-9)10-3-2-6-22(10)12-8-18-4-5-19-12/h4-5,7-8,10H,2-3,6H2,1H3/t10-/m1/s1. The smallest absolute Gasteiger partial charge is 0.345 e. The Hall–Kier alpha value is -2.25. The molecule has 2 aromatic heterocycles. The fraction of sp³-hybridized carbons (Fsp3) is 0.429. The molecule has 5 nitrogen and oxygen atoms in total. The summed E-state index contributed by atoms with van der Waals surface area (Å²) in [6.45, 7) is 2.24. The van der Waals surface area contributed by atoms with Gasteiger partial charge in [-0.2, -0.15) is 13.2 Å². The molecule has 1 saturated heterocycles. The molecule has 3 heterocycles. The van der Waals surface area contributed by atoms with Crippen LogP contribution >= 0.6 is 0 Å². The maximum Gasteiger partial charge on any atom is 0.433 e. The van der Waals surface area contributed by atoms with Gasteiger partial charge in [0.1, 0.15) is 11.5 Å². The van der Waals surface area contributed by atoms with Gasteiger partial charge < -0.3 is 4.90 Å². The Balaban J connectivity index is 1.98. The van der Waals surface area contributed by atoms with Crippen LogP contribution in [0, 0.1) is 6.92 Å². The van der Waals surface area contributed by atoms with Crippen LogP contribution in [0.25, 0.3) is 0 Å². The molecule has 8 heteroatoms. The summed E-state index contributed by atoms with van der Waals surface area (Å²) < 4.78 is 38.8. The maximum atomic E-state index is 12.9. The highest BCUT2D eigenvalue weighted by Crippen LogP contribution is 2.35. The van der Waals surface area contributed by atoms with E-state index in [4.69, 9.17) is 0 Å². The molecule has 0 amide bonds. The number of halogens is 3. The van der Waals surface area contributed by atoms with E-state index < -0.39 is 11.9 Å². The molecule has 0 saturated carbocycles. The Morgan fingerprint density at radius 2 is 2.05 bits per heavy atom. The Kier molecular flexibility index (Phi) is 3.67. The number of aromatic nitrogens is 4. The summed E-state index contributed by atoms with van der Waals surface area (Å²) >= 11 is 0. The minimum atomic E-state index is -4.47. The third-order valence-corrected chi connectivity index (χ3v) is 3.56. The van der Waals surface area contributed by atoms with E-state index in [0.717, 1.165) is 12.5 Å². The van der Waals surface area contributed by atoms with Crippen molar-refractivity contribution < 1.29 is 13.2 Å². The summed E-state index contributed by atoms with van der Waals surface area (Å²) in [6, 6.07) is 0.656. The predicted molar refractivity (Wildman–Crippen MR) is 73.1 cm³/mol. The van der Waals surface area contributed by atoms with E-state index in [2.05, 4.69) is 19.9 Å². The first-order valence-electron chi connectivity index (χ1n) is 6.90. The number of hydrogen-bond acceptors (Lipinski definition) is 5. The zero-order valence-corrected chi connectivity index (χ0v) is 11.9. The summed E-state index contributed by atoms with van der Waals surface area (Å²) in [6.07, 6.45) is 1.77. The second-order valence-corrected chi connectivity index (χ2v) is 5.17. The van der Waals surface area contributed by atoms with Crippen molar-refractivity contribution >= 4 is 5.82 Å². The van der Waals surface area contributed by atoms with E-state index in [1.807, 2.05) is 4.90 Å². The van der Waals surface area contributed by atoms with E-state index in [1.165, 1.54) is 0 Å². The van der Waals surface area contributed by atoms with Crippen LogP contribution in [-0.4, -0.2) is 26.5 Å². The van der Waals surface area contributed by atoms with Crippen molar-refractivity contribution in [3.8, 4) is 0 Å². The summed E-state index contributed by atoms with van der Waals surface area (Å²) in [7, 11) is 0. The minimum Gasteiger partial charge on any atom is -0.345 e. The molecule has 0 unspecified atom stereocenters. The maximum absolute atomic E-state index is 12.9. The Morgan fingerprint density at radius 3 is 2.73 bits per heavy atom. The lowest BCUT2D eigenvalue weighted by Gasteiger charge is -2.24. The van der Waals surface area contributed by atoms with Crippen molar-refractivity contribution in [3.63, 3.8) is 0 Å². The van der Waals surface area contributed by atoms with Crippen LogP contribution in [0.5, 0.6) is 0 Å². The molecule has 1 aliphatic heterocycles. The molecule has 0 bridgehead atoms. The summed E-state index contributed by atoms with van der Waals surface area (Å²) in [5.41, 5.74) is -0.593. The minimum absolute atomic E-state index is 0.190. The second kappa shape index (κ2) is 5.51. The highest BCUT2D eigenvalue weighted by Gasteiger charge is 2.36. The van der Waals surface area contributed by atoms with Crippen LogP contribution < -0.4 is 4.90 Å². The van der Waals surface area contributed by atoms with Gasteiger partial charge in [-0.25, -0.2) is 15.0 Å². The summed E-state index contributed by atoms with van der Waals surface area (Å²) in [4.78, 5) is 18.1. The third kappa shape index (κ3) is 2.86. The zero-order chi connectivity index (χ0) is 15.7. The molecule has 22 heavy (non-hydrogen) atoms. The van der Waals surface area contributed by atoms with Crippen LogP contribution in [-0.2, 0) is 6.18 Å². The number of anilines is 1. The number of aryl methyl sites for hydroxylation is 1. The fourth-order valence-corrected chi connectivity index (χ4v) is 2.63. The van der Waals surface area contributed by atoms with Crippen LogP contribution in [0.2, 0.25) is 0 Å². The lowest BCUT2D eigenvalue weighted by molar-refractivity contribution is -0.141. The van der Waals surface area contributed by atoms with Crippen molar-refractivity contribution in [2.24, 2.45) is 0 Å². The second-order valence-electron chi connectivity index (χ2n) is 5.17. The molecule has 116 valence electrons. The molecule has 0 aliphatic carbocycles. The van der Waals surface area contributed by atoms with Gasteiger partial charge in [-0.05, 0) is 25.8 Å². The van der Waals surface area contributed by atoms with Gasteiger partial charge in [0, 0.05) is 24.6 Å². The van der Waals surface area contributed by atoms with E-state index in [9.17, 15) is 13.2 Å². The van der Waals surface area contributed by atoms with Crippen LogP contribution in [0.1, 0.15) is 36.1 Å². The average Bonchev–Trinajstić information content (AvgIpc) is 2.96. The van der Waals surface area contributed by atoms with E-state index in [0.29, 0.717) is 24.5 Å². The van der Waals surface area contributed by atoms with Gasteiger partial charge in [-0.3, -0.25) is 4.98 Å². The van der Waals surface area contributed by atoms with Crippen LogP contribution in [0.3, 0.4) is 0 Å². The van der Waals surface area contributed by atoms with Gasteiger partial charge in [0.2, 0.25) is 0 Å². The van der Waals surface area contributed by atoms with Crippen molar-refractivity contribution in [2.45, 2.75) is 32.0 Å². The molecule has 1 fully saturated rings. The molecular weight excluding hydrogens is 295 g/mol. The first-order valence-corrected chi connectivity index (χ1v) is 6.90. The monoisotopic (exact) mass is 309 g/mol. The SMILES string of the molecule is Cc1cc(C(F)(F)F)nc([C@H]2CCCN2c2cnccn2)n1. The Bertz CT molecular complexity index is 659. The molecule has 0 N–H and O–H groups in total. The van der Waals surface area contributed by atoms with Crippen molar-refractivity contribution in [3.05, 3.63) is 41.9 Å². The molecule has 0 spiro atoms. The van der Waals surface area contributed by atoms with Gasteiger partial charge in [0.25, 0.3) is 0 Å². The van der Waals surface area contributed by atoms with Crippen LogP contribution in [0.4, 0.5) is 19.0 Å². The Morgan fingerprint density at radius 1 is 1.23 bits per heavy atom. The quantitative estimate of drug-likeness (QED) is 0.853. The zero-order valence-electron chi connectivity index (χ0n) is 11.9. The van der Waals surface area contributed by atoms with E-state index in [1.54, 1.807) is 25.5 Å². The van der Waals surface area contributed by atoms with E-state index >= 15 is 0 Å². The number of hydrogen-bond donors (Lipinski definition) is 0. The Labute approximate surface area is 125 Å². The number of alkyl halides is 3. The van der Waals surface area contributed by atoms with Gasteiger partial charge in [0.05, 0.1) is 12.2 Å². The van der Waals surface area contributed by atoms with Gasteiger partial charge in [-0.15, -0.1) is 0 Å². The third-order valence-electron chi connectivity index (χ3n) is 3.56. The lowest BCUT2D eigenvalue weighted by Crippen LogP contribution is -2.26. The summed E-state index contributed by atoms with van der Waals surface area (Å²) in [5, 5.41) is 0. The van der Waals surface area contributed by atoms with Gasteiger partial charge >= 0.3 is 6.18 Å². The first kappa shape index (κ1) is 14.7. The lowest BCUT2D eigenvalue weighted by atomic mass is 10.2. The molecule has 2 aromatic rings. The highest BCUT2D eigenvalue weighted by molar-refractivity contribution is 5.39. The predicted octanol–water partition coefficient (Wildman–Crippen LogP) is 2.94. The van der Waals surface area contributed by atoms with Crippen molar-refractivity contribution in [1.29, 1.82) is 0 Å². The molecule has 1 atom stereocenters. The molecule has 1 aliphatic rings. The van der Waals surface area contributed by atoms with E-state index in [-0.39, 0.29) is 11.9 Å². The number of rotatable bonds is 2. The fourth-order valence-electron chi connectivity index (χ4n) is 2.63. The highest BCUT2D eigenvalue weighted by atomic mass is 19.4. The topological polar surface area (TPSA) is 54.8 Å². The van der Waals surface area contributed by atoms with Crippen LogP contribution in [0.15, 0.2) is 24.7 Å². The molecule has 3 rings (SSSR count). The number of nitrogens with zero attached hydrogens (tertiary/aromatic N) is 5. The largest absolute Gasteiger partial charge is 0.433 e. The van der Waals surface area contributed by atoms with Gasteiger partial charge in [0.15, 0.2) is 5.82 Å².